The third-order valence-electron chi connectivity index (χ3n) is 4.31. The zero-order valence-electron chi connectivity index (χ0n) is 16.0. The minimum Gasteiger partial charge on any atom is -0.497 e. The molecule has 0 fully saturated rings. The molecule has 0 saturated heterocycles. The molecule has 0 N–H and O–H groups in total. The van der Waals surface area contributed by atoms with E-state index in [1.807, 2.05) is 39.2 Å². The van der Waals surface area contributed by atoms with Crippen LogP contribution in [0.1, 0.15) is 5.56 Å². The number of aryl methyl sites for hydroxylation is 1. The van der Waals surface area contributed by atoms with Crippen LogP contribution < -0.4 is 4.74 Å². The van der Waals surface area contributed by atoms with Gasteiger partial charge in [0, 0.05) is 28.8 Å². The molecule has 0 saturated carbocycles. The molecule has 0 radical (unpaired) electrons. The van der Waals surface area contributed by atoms with Gasteiger partial charge in [-0.1, -0.05) is 17.7 Å². The predicted octanol–water partition coefficient (Wildman–Crippen LogP) is 3.85. The molecule has 0 atom stereocenters. The first-order chi connectivity index (χ1) is 12.8. The van der Waals surface area contributed by atoms with Gasteiger partial charge >= 0.3 is 0 Å². The monoisotopic (exact) mass is 404 g/mol. The highest BCUT2D eigenvalue weighted by molar-refractivity contribution is 7.99. The molecule has 2 aromatic carbocycles. The third kappa shape index (κ3) is 4.15. The number of fused-ring (bicyclic) bond motifs is 1. The first-order valence-electron chi connectivity index (χ1n) is 8.62. The van der Waals surface area contributed by atoms with Crippen LogP contribution in [-0.4, -0.2) is 50.8 Å². The van der Waals surface area contributed by atoms with E-state index in [9.17, 15) is 8.42 Å². The Bertz CT molecular complexity index is 1040. The first kappa shape index (κ1) is 19.8. The molecule has 3 rings (SSSR count). The topological polar surface area (TPSA) is 51.5 Å². The second kappa shape index (κ2) is 7.96. The molecule has 1 aromatic heterocycles. The molecule has 3 aromatic rings. The predicted molar refractivity (Wildman–Crippen MR) is 112 cm³/mol. The highest BCUT2D eigenvalue weighted by Gasteiger charge is 2.21. The quantitative estimate of drug-likeness (QED) is 0.560. The summed E-state index contributed by atoms with van der Waals surface area (Å²) in [5.74, 6) is 1.58. The van der Waals surface area contributed by atoms with E-state index in [4.69, 9.17) is 4.74 Å². The molecule has 5 nitrogen and oxygen atoms in total. The molecule has 0 aliphatic heterocycles. The van der Waals surface area contributed by atoms with Crippen molar-refractivity contribution < 1.29 is 13.2 Å². The molecule has 0 spiro atoms. The van der Waals surface area contributed by atoms with E-state index in [-0.39, 0.29) is 4.90 Å². The van der Waals surface area contributed by atoms with Gasteiger partial charge in [-0.2, -0.15) is 0 Å². The van der Waals surface area contributed by atoms with Crippen molar-refractivity contribution in [2.75, 3.05) is 33.5 Å². The van der Waals surface area contributed by atoms with Crippen molar-refractivity contribution in [3.8, 4) is 5.75 Å². The van der Waals surface area contributed by atoms with Gasteiger partial charge in [0.15, 0.2) is 0 Å². The number of nitrogens with zero attached hydrogens (tertiary/aromatic N) is 2. The summed E-state index contributed by atoms with van der Waals surface area (Å²) in [6.45, 7) is 2.85. The first-order valence-corrected chi connectivity index (χ1v) is 11.0. The van der Waals surface area contributed by atoms with Crippen molar-refractivity contribution in [1.82, 2.24) is 8.87 Å². The van der Waals surface area contributed by atoms with Crippen LogP contribution in [0.25, 0.3) is 10.9 Å². The zero-order valence-corrected chi connectivity index (χ0v) is 17.6. The van der Waals surface area contributed by atoms with Crippen molar-refractivity contribution in [2.24, 2.45) is 0 Å². The fourth-order valence-electron chi connectivity index (χ4n) is 2.75. The fraction of sp³-hybridized carbons (Fsp3) is 0.300. The van der Waals surface area contributed by atoms with Gasteiger partial charge in [0.1, 0.15) is 5.75 Å². The largest absolute Gasteiger partial charge is 0.497 e. The SMILES string of the molecule is COc1ccc2c(c1)c(SCCN(C)C)cn2S(=O)(=O)c1ccc(C)cc1. The summed E-state index contributed by atoms with van der Waals surface area (Å²) in [5.41, 5.74) is 1.68. The number of methoxy groups -OCH3 is 1. The lowest BCUT2D eigenvalue weighted by atomic mass is 10.2. The van der Waals surface area contributed by atoms with E-state index in [1.165, 1.54) is 3.97 Å². The van der Waals surface area contributed by atoms with Crippen LogP contribution >= 0.6 is 11.8 Å². The highest BCUT2D eigenvalue weighted by Crippen LogP contribution is 2.34. The van der Waals surface area contributed by atoms with Crippen LogP contribution in [-0.2, 0) is 10.0 Å². The maximum atomic E-state index is 13.2. The van der Waals surface area contributed by atoms with Crippen LogP contribution in [0.15, 0.2) is 58.5 Å². The van der Waals surface area contributed by atoms with Gasteiger partial charge in [-0.05, 0) is 51.4 Å². The number of rotatable bonds is 7. The molecule has 0 amide bonds. The van der Waals surface area contributed by atoms with Crippen molar-refractivity contribution in [3.05, 3.63) is 54.2 Å². The Hall–Kier alpha value is -1.96. The lowest BCUT2D eigenvalue weighted by molar-refractivity contribution is 0.415. The van der Waals surface area contributed by atoms with Crippen LogP contribution in [0.2, 0.25) is 0 Å². The summed E-state index contributed by atoms with van der Waals surface area (Å²) in [6, 6.07) is 12.4. The zero-order chi connectivity index (χ0) is 19.6. The van der Waals surface area contributed by atoms with Crippen molar-refractivity contribution in [1.29, 1.82) is 0 Å². The van der Waals surface area contributed by atoms with Gasteiger partial charge in [-0.3, -0.25) is 0 Å². The van der Waals surface area contributed by atoms with Gasteiger partial charge in [-0.15, -0.1) is 11.8 Å². The van der Waals surface area contributed by atoms with Gasteiger partial charge in [0.2, 0.25) is 0 Å². The van der Waals surface area contributed by atoms with Crippen LogP contribution in [0, 0.1) is 6.92 Å². The average molecular weight is 405 g/mol. The molecule has 0 aliphatic carbocycles. The highest BCUT2D eigenvalue weighted by atomic mass is 32.2. The van der Waals surface area contributed by atoms with Crippen LogP contribution in [0.3, 0.4) is 0 Å². The van der Waals surface area contributed by atoms with E-state index < -0.39 is 10.0 Å². The molecular formula is C20H24N2O3S2. The lowest BCUT2D eigenvalue weighted by Crippen LogP contribution is -2.14. The molecule has 27 heavy (non-hydrogen) atoms. The second-order valence-electron chi connectivity index (χ2n) is 6.64. The normalized spacial score (nSPS) is 12.0. The van der Waals surface area contributed by atoms with E-state index in [1.54, 1.807) is 49.3 Å². The summed E-state index contributed by atoms with van der Waals surface area (Å²) in [5, 5.41) is 0.883. The molecule has 1 heterocycles. The Morgan fingerprint density at radius 2 is 1.81 bits per heavy atom. The fourth-order valence-corrected chi connectivity index (χ4v) is 5.36. The molecule has 7 heteroatoms. The second-order valence-corrected chi connectivity index (χ2v) is 9.59. The number of hydrogen-bond acceptors (Lipinski definition) is 5. The minimum atomic E-state index is -3.67. The van der Waals surface area contributed by atoms with E-state index in [0.29, 0.717) is 11.3 Å². The standard InChI is InChI=1S/C20H24N2O3S2/c1-15-5-8-17(9-6-15)27(23,24)22-14-20(26-12-11-21(2)3)18-13-16(25-4)7-10-19(18)22/h5-10,13-14H,11-12H2,1-4H3. The Balaban J connectivity index is 2.10. The Labute approximate surface area is 165 Å². The van der Waals surface area contributed by atoms with Gasteiger partial charge < -0.3 is 9.64 Å². The molecule has 0 bridgehead atoms. The molecule has 0 unspecified atom stereocenters. The summed E-state index contributed by atoms with van der Waals surface area (Å²) < 4.78 is 33.2. The lowest BCUT2D eigenvalue weighted by Gasteiger charge is -2.08. The Morgan fingerprint density at radius 3 is 2.44 bits per heavy atom. The van der Waals surface area contributed by atoms with Gasteiger partial charge in [0.05, 0.1) is 17.5 Å². The maximum absolute atomic E-state index is 13.2. The van der Waals surface area contributed by atoms with Gasteiger partial charge in [-0.25, -0.2) is 12.4 Å². The molecular weight excluding hydrogens is 380 g/mol. The summed E-state index contributed by atoms with van der Waals surface area (Å²) in [7, 11) is 1.99. The number of benzene rings is 2. The van der Waals surface area contributed by atoms with Crippen LogP contribution in [0.5, 0.6) is 5.75 Å². The summed E-state index contributed by atoms with van der Waals surface area (Å²) in [4.78, 5) is 3.32. The smallest absolute Gasteiger partial charge is 0.268 e. The van der Waals surface area contributed by atoms with E-state index in [0.717, 1.165) is 28.1 Å². The van der Waals surface area contributed by atoms with E-state index >= 15 is 0 Å². The Kier molecular flexibility index (Phi) is 5.83. The average Bonchev–Trinajstić information content (AvgIpc) is 3.00. The summed E-state index contributed by atoms with van der Waals surface area (Å²) >= 11 is 1.65. The number of hydrogen-bond donors (Lipinski definition) is 0. The molecule has 0 aliphatic rings. The number of ether oxygens (including phenoxy) is 1. The maximum Gasteiger partial charge on any atom is 0.268 e. The third-order valence-corrected chi connectivity index (χ3v) is 7.03. The van der Waals surface area contributed by atoms with Gasteiger partial charge in [0.25, 0.3) is 10.0 Å². The number of thioether (sulfide) groups is 1. The summed E-state index contributed by atoms with van der Waals surface area (Å²) in [6.07, 6.45) is 1.72. The van der Waals surface area contributed by atoms with Crippen molar-refractivity contribution >= 4 is 32.7 Å². The molecule has 144 valence electrons. The van der Waals surface area contributed by atoms with E-state index in [2.05, 4.69) is 4.90 Å². The van der Waals surface area contributed by atoms with Crippen LogP contribution in [0.4, 0.5) is 0 Å². The van der Waals surface area contributed by atoms with Crippen molar-refractivity contribution in [2.45, 2.75) is 16.7 Å². The Morgan fingerprint density at radius 1 is 1.11 bits per heavy atom. The van der Waals surface area contributed by atoms with Crippen molar-refractivity contribution in [3.63, 3.8) is 0 Å². The minimum absolute atomic E-state index is 0.283. The number of aromatic nitrogens is 1.